The Kier molecular flexibility index (Phi) is 5.38. The first-order valence-electron chi connectivity index (χ1n) is 10.4. The SMILES string of the molecule is CCOc1ccccc1N1CCN(Cn2c(-c3cscn3)nc3ccccc32)CC1. The van der Waals surface area contributed by atoms with Crippen LogP contribution in [0.4, 0.5) is 5.69 Å². The van der Waals surface area contributed by atoms with Crippen molar-refractivity contribution in [1.82, 2.24) is 19.4 Å². The van der Waals surface area contributed by atoms with Crippen molar-refractivity contribution >= 4 is 28.1 Å². The topological polar surface area (TPSA) is 46.4 Å². The Hall–Kier alpha value is -2.90. The summed E-state index contributed by atoms with van der Waals surface area (Å²) in [6.07, 6.45) is 0. The number of hydrogen-bond donors (Lipinski definition) is 0. The van der Waals surface area contributed by atoms with Crippen LogP contribution in [0.3, 0.4) is 0 Å². The van der Waals surface area contributed by atoms with Crippen LogP contribution >= 0.6 is 11.3 Å². The van der Waals surface area contributed by atoms with Gasteiger partial charge in [0.25, 0.3) is 0 Å². The lowest BCUT2D eigenvalue weighted by atomic mass is 10.2. The molecule has 0 atom stereocenters. The summed E-state index contributed by atoms with van der Waals surface area (Å²) in [6.45, 7) is 7.46. The molecule has 7 heteroatoms. The molecule has 3 heterocycles. The van der Waals surface area contributed by atoms with Gasteiger partial charge >= 0.3 is 0 Å². The van der Waals surface area contributed by atoms with E-state index in [1.807, 2.05) is 24.6 Å². The molecule has 0 N–H and O–H groups in total. The van der Waals surface area contributed by atoms with Crippen molar-refractivity contribution in [3.05, 3.63) is 59.4 Å². The summed E-state index contributed by atoms with van der Waals surface area (Å²) in [5.74, 6) is 1.92. The maximum absolute atomic E-state index is 5.83. The molecule has 0 amide bonds. The second-order valence-electron chi connectivity index (χ2n) is 7.37. The van der Waals surface area contributed by atoms with E-state index in [0.717, 1.165) is 61.1 Å². The van der Waals surface area contributed by atoms with E-state index in [0.29, 0.717) is 6.61 Å². The molecule has 1 aliphatic rings. The summed E-state index contributed by atoms with van der Waals surface area (Å²) in [7, 11) is 0. The Morgan fingerprint density at radius 1 is 1.00 bits per heavy atom. The number of para-hydroxylation sites is 4. The minimum Gasteiger partial charge on any atom is -0.492 e. The number of fused-ring (bicyclic) bond motifs is 1. The predicted molar refractivity (Wildman–Crippen MR) is 122 cm³/mol. The zero-order chi connectivity index (χ0) is 20.3. The molecule has 0 unspecified atom stereocenters. The normalized spacial score (nSPS) is 15.0. The van der Waals surface area contributed by atoms with E-state index < -0.39 is 0 Å². The van der Waals surface area contributed by atoms with Gasteiger partial charge in [-0.3, -0.25) is 4.90 Å². The number of aromatic nitrogens is 3. The number of anilines is 1. The molecule has 0 spiro atoms. The molecule has 4 aromatic rings. The van der Waals surface area contributed by atoms with Gasteiger partial charge in [-0.15, -0.1) is 11.3 Å². The summed E-state index contributed by atoms with van der Waals surface area (Å²) >= 11 is 1.61. The van der Waals surface area contributed by atoms with Crippen molar-refractivity contribution in [3.63, 3.8) is 0 Å². The summed E-state index contributed by atoms with van der Waals surface area (Å²) in [4.78, 5) is 14.3. The Balaban J connectivity index is 1.35. The first-order chi connectivity index (χ1) is 14.8. The van der Waals surface area contributed by atoms with E-state index in [4.69, 9.17) is 9.72 Å². The van der Waals surface area contributed by atoms with Crippen LogP contribution in [0.1, 0.15) is 6.92 Å². The highest BCUT2D eigenvalue weighted by Gasteiger charge is 2.22. The molecule has 5 rings (SSSR count). The summed E-state index contributed by atoms with van der Waals surface area (Å²) in [5, 5.41) is 2.07. The molecule has 30 heavy (non-hydrogen) atoms. The number of benzene rings is 2. The monoisotopic (exact) mass is 419 g/mol. The van der Waals surface area contributed by atoms with E-state index >= 15 is 0 Å². The zero-order valence-electron chi connectivity index (χ0n) is 17.1. The molecule has 0 aliphatic carbocycles. The third kappa shape index (κ3) is 3.66. The predicted octanol–water partition coefficient (Wildman–Crippen LogP) is 4.34. The molecule has 6 nitrogen and oxygen atoms in total. The van der Waals surface area contributed by atoms with Gasteiger partial charge in [0.05, 0.1) is 35.5 Å². The van der Waals surface area contributed by atoms with Crippen LogP contribution in [0.25, 0.3) is 22.6 Å². The molecular formula is C23H25N5OS. The number of ether oxygens (including phenoxy) is 1. The lowest BCUT2D eigenvalue weighted by Gasteiger charge is -2.37. The maximum atomic E-state index is 5.83. The van der Waals surface area contributed by atoms with Crippen molar-refractivity contribution in [3.8, 4) is 17.3 Å². The van der Waals surface area contributed by atoms with Crippen LogP contribution in [0.5, 0.6) is 5.75 Å². The number of thiazole rings is 1. The molecule has 2 aromatic heterocycles. The van der Waals surface area contributed by atoms with Crippen LogP contribution in [-0.2, 0) is 6.67 Å². The number of nitrogens with zero attached hydrogens (tertiary/aromatic N) is 5. The fourth-order valence-corrected chi connectivity index (χ4v) is 4.59. The molecule has 2 aromatic carbocycles. The molecule has 0 radical (unpaired) electrons. The van der Waals surface area contributed by atoms with Crippen molar-refractivity contribution in [1.29, 1.82) is 0 Å². The number of piperazine rings is 1. The highest BCUT2D eigenvalue weighted by Crippen LogP contribution is 2.30. The van der Waals surface area contributed by atoms with Crippen molar-refractivity contribution < 1.29 is 4.74 Å². The highest BCUT2D eigenvalue weighted by atomic mass is 32.1. The van der Waals surface area contributed by atoms with E-state index in [2.05, 4.69) is 61.1 Å². The maximum Gasteiger partial charge on any atom is 0.161 e. The molecule has 1 saturated heterocycles. The molecular weight excluding hydrogens is 394 g/mol. The second-order valence-corrected chi connectivity index (χ2v) is 8.09. The third-order valence-corrected chi connectivity index (χ3v) is 6.12. The Morgan fingerprint density at radius 3 is 2.60 bits per heavy atom. The van der Waals surface area contributed by atoms with Gasteiger partial charge in [-0.05, 0) is 31.2 Å². The Morgan fingerprint density at radius 2 is 1.80 bits per heavy atom. The molecule has 0 saturated carbocycles. The lowest BCUT2D eigenvalue weighted by molar-refractivity contribution is 0.209. The van der Waals surface area contributed by atoms with Crippen LogP contribution < -0.4 is 9.64 Å². The van der Waals surface area contributed by atoms with Crippen LogP contribution in [0.2, 0.25) is 0 Å². The molecule has 1 fully saturated rings. The smallest absolute Gasteiger partial charge is 0.161 e. The van der Waals surface area contributed by atoms with Gasteiger partial charge in [0.2, 0.25) is 0 Å². The largest absolute Gasteiger partial charge is 0.492 e. The van der Waals surface area contributed by atoms with Gasteiger partial charge in [-0.1, -0.05) is 24.3 Å². The van der Waals surface area contributed by atoms with Gasteiger partial charge in [0.1, 0.15) is 11.4 Å². The van der Waals surface area contributed by atoms with Gasteiger partial charge in [-0.25, -0.2) is 9.97 Å². The van der Waals surface area contributed by atoms with E-state index in [-0.39, 0.29) is 0 Å². The highest BCUT2D eigenvalue weighted by molar-refractivity contribution is 7.07. The zero-order valence-corrected chi connectivity index (χ0v) is 17.9. The molecule has 0 bridgehead atoms. The molecule has 1 aliphatic heterocycles. The minimum atomic E-state index is 0.685. The van der Waals surface area contributed by atoms with Crippen LogP contribution in [0, 0.1) is 0 Å². The van der Waals surface area contributed by atoms with Crippen LogP contribution in [-0.4, -0.2) is 52.2 Å². The first kappa shape index (κ1) is 19.1. The fourth-order valence-electron chi connectivity index (χ4n) is 4.06. The van der Waals surface area contributed by atoms with E-state index in [9.17, 15) is 0 Å². The Labute approximate surface area is 180 Å². The number of rotatable bonds is 6. The third-order valence-electron chi connectivity index (χ3n) is 5.54. The van der Waals surface area contributed by atoms with Crippen molar-refractivity contribution in [2.24, 2.45) is 0 Å². The average molecular weight is 420 g/mol. The van der Waals surface area contributed by atoms with Gasteiger partial charge in [0, 0.05) is 31.6 Å². The van der Waals surface area contributed by atoms with Crippen LogP contribution in [0.15, 0.2) is 59.4 Å². The van der Waals surface area contributed by atoms with Gasteiger partial charge in [0.15, 0.2) is 5.82 Å². The van der Waals surface area contributed by atoms with Gasteiger partial charge < -0.3 is 14.2 Å². The van der Waals surface area contributed by atoms with E-state index in [1.54, 1.807) is 11.3 Å². The standard InChI is InChI=1S/C23H25N5OS/c1-2-29-22-10-6-5-9-21(22)27-13-11-26(12-14-27)17-28-20-8-4-3-7-18(20)25-23(28)19-15-30-16-24-19/h3-10,15-16H,2,11-14,17H2,1H3. The first-order valence-corrected chi connectivity index (χ1v) is 11.3. The summed E-state index contributed by atoms with van der Waals surface area (Å²) in [5.41, 5.74) is 6.18. The van der Waals surface area contributed by atoms with Gasteiger partial charge in [-0.2, -0.15) is 0 Å². The van der Waals surface area contributed by atoms with E-state index in [1.165, 1.54) is 5.69 Å². The lowest BCUT2D eigenvalue weighted by Crippen LogP contribution is -2.47. The number of imidazole rings is 1. The quantitative estimate of drug-likeness (QED) is 0.465. The summed E-state index contributed by atoms with van der Waals surface area (Å²) in [6, 6.07) is 16.7. The number of hydrogen-bond acceptors (Lipinski definition) is 6. The Bertz CT molecular complexity index is 1120. The second kappa shape index (κ2) is 8.45. The van der Waals surface area contributed by atoms with Crippen molar-refractivity contribution in [2.45, 2.75) is 13.6 Å². The molecule has 154 valence electrons. The summed E-state index contributed by atoms with van der Waals surface area (Å²) < 4.78 is 8.13. The van der Waals surface area contributed by atoms with Crippen molar-refractivity contribution in [2.75, 3.05) is 37.7 Å². The fraction of sp³-hybridized carbons (Fsp3) is 0.304. The average Bonchev–Trinajstić information content (AvgIpc) is 3.44. The minimum absolute atomic E-state index is 0.685.